The molecule has 5 heteroatoms. The molecule has 33 heavy (non-hydrogen) atoms. The predicted molar refractivity (Wildman–Crippen MR) is 130 cm³/mol. The van der Waals surface area contributed by atoms with E-state index in [2.05, 4.69) is 58.9 Å². The maximum atomic E-state index is 6.25. The van der Waals surface area contributed by atoms with Crippen LogP contribution >= 0.6 is 0 Å². The molecular weight excluding hydrogens is 410 g/mol. The molecule has 0 unspecified atom stereocenters. The van der Waals surface area contributed by atoms with Gasteiger partial charge in [0.1, 0.15) is 36.9 Å². The van der Waals surface area contributed by atoms with Crippen molar-refractivity contribution in [3.63, 3.8) is 0 Å². The van der Waals surface area contributed by atoms with Crippen molar-refractivity contribution >= 4 is 0 Å². The molecule has 0 bridgehead atoms. The molecule has 0 atom stereocenters. The summed E-state index contributed by atoms with van der Waals surface area (Å²) in [6, 6.07) is 27.0. The maximum absolute atomic E-state index is 6.25. The first-order valence-corrected chi connectivity index (χ1v) is 11.5. The highest BCUT2D eigenvalue weighted by Crippen LogP contribution is 2.28. The lowest BCUT2D eigenvalue weighted by atomic mass is 10.1. The zero-order valence-corrected chi connectivity index (χ0v) is 19.4. The molecule has 0 aliphatic carbocycles. The molecule has 0 aliphatic heterocycles. The molecule has 0 fully saturated rings. The Morgan fingerprint density at radius 3 is 2.12 bits per heavy atom. The first-order valence-electron chi connectivity index (χ1n) is 11.5. The van der Waals surface area contributed by atoms with Crippen LogP contribution in [0, 0.1) is 0 Å². The molecule has 1 heterocycles. The van der Waals surface area contributed by atoms with E-state index in [-0.39, 0.29) is 0 Å². The second kappa shape index (κ2) is 11.3. The number of aromatic nitrogens is 3. The van der Waals surface area contributed by atoms with Crippen LogP contribution in [0.5, 0.6) is 11.5 Å². The summed E-state index contributed by atoms with van der Waals surface area (Å²) >= 11 is 0. The smallest absolute Gasteiger partial charge is 0.133 e. The maximum Gasteiger partial charge on any atom is 0.133 e. The fourth-order valence-electron chi connectivity index (χ4n) is 3.76. The van der Waals surface area contributed by atoms with Crippen molar-refractivity contribution in [2.24, 2.45) is 0 Å². The van der Waals surface area contributed by atoms with Gasteiger partial charge in [-0.2, -0.15) is 0 Å². The van der Waals surface area contributed by atoms with Crippen LogP contribution in [-0.4, -0.2) is 14.8 Å². The monoisotopic (exact) mass is 441 g/mol. The molecule has 4 aromatic rings. The van der Waals surface area contributed by atoms with Gasteiger partial charge in [0, 0.05) is 18.5 Å². The largest absolute Gasteiger partial charge is 0.489 e. The van der Waals surface area contributed by atoms with Crippen molar-refractivity contribution in [2.75, 3.05) is 0 Å². The van der Waals surface area contributed by atoms with Crippen LogP contribution in [0.1, 0.15) is 48.8 Å². The van der Waals surface area contributed by atoms with Gasteiger partial charge in [-0.05, 0) is 49.4 Å². The van der Waals surface area contributed by atoms with E-state index in [1.807, 2.05) is 54.9 Å². The molecule has 0 amide bonds. The SMILES string of the molecule is CC(C)n1cnnc1CCCc1ccc(OCc2ccccc2)cc1OCc1ccccc1. The van der Waals surface area contributed by atoms with E-state index in [9.17, 15) is 0 Å². The van der Waals surface area contributed by atoms with E-state index in [0.29, 0.717) is 19.3 Å². The van der Waals surface area contributed by atoms with Crippen LogP contribution in [0.15, 0.2) is 85.2 Å². The topological polar surface area (TPSA) is 49.2 Å². The molecule has 3 aromatic carbocycles. The molecule has 0 aliphatic rings. The molecule has 0 saturated carbocycles. The molecule has 0 saturated heterocycles. The zero-order valence-electron chi connectivity index (χ0n) is 19.4. The minimum Gasteiger partial charge on any atom is -0.489 e. The van der Waals surface area contributed by atoms with Gasteiger partial charge in [0.2, 0.25) is 0 Å². The molecular formula is C28H31N3O2. The van der Waals surface area contributed by atoms with Gasteiger partial charge >= 0.3 is 0 Å². The number of aryl methyl sites for hydroxylation is 2. The molecule has 4 rings (SSSR count). The van der Waals surface area contributed by atoms with Gasteiger partial charge < -0.3 is 14.0 Å². The molecule has 170 valence electrons. The molecule has 0 N–H and O–H groups in total. The Bertz CT molecular complexity index is 1120. The quantitative estimate of drug-likeness (QED) is 0.278. The van der Waals surface area contributed by atoms with Gasteiger partial charge in [-0.25, -0.2) is 0 Å². The Morgan fingerprint density at radius 1 is 0.788 bits per heavy atom. The summed E-state index contributed by atoms with van der Waals surface area (Å²) in [5, 5.41) is 8.37. The summed E-state index contributed by atoms with van der Waals surface area (Å²) < 4.78 is 14.4. The van der Waals surface area contributed by atoms with Gasteiger partial charge in [-0.3, -0.25) is 0 Å². The van der Waals surface area contributed by atoms with E-state index in [1.165, 1.54) is 5.56 Å². The van der Waals surface area contributed by atoms with Crippen molar-refractivity contribution < 1.29 is 9.47 Å². The van der Waals surface area contributed by atoms with Gasteiger partial charge in [-0.1, -0.05) is 66.7 Å². The summed E-state index contributed by atoms with van der Waals surface area (Å²) in [7, 11) is 0. The lowest BCUT2D eigenvalue weighted by Gasteiger charge is -2.15. The lowest BCUT2D eigenvalue weighted by Crippen LogP contribution is -2.06. The first kappa shape index (κ1) is 22.6. The van der Waals surface area contributed by atoms with Gasteiger partial charge in [0.05, 0.1) is 0 Å². The third-order valence-corrected chi connectivity index (χ3v) is 5.57. The van der Waals surface area contributed by atoms with Crippen molar-refractivity contribution in [2.45, 2.75) is 52.4 Å². The molecule has 5 nitrogen and oxygen atoms in total. The van der Waals surface area contributed by atoms with Crippen LogP contribution in [0.2, 0.25) is 0 Å². The number of nitrogens with zero attached hydrogens (tertiary/aromatic N) is 3. The lowest BCUT2D eigenvalue weighted by molar-refractivity contribution is 0.287. The number of benzene rings is 3. The van der Waals surface area contributed by atoms with Crippen molar-refractivity contribution in [1.29, 1.82) is 0 Å². The third-order valence-electron chi connectivity index (χ3n) is 5.57. The third kappa shape index (κ3) is 6.45. The van der Waals surface area contributed by atoms with E-state index in [0.717, 1.165) is 47.7 Å². The van der Waals surface area contributed by atoms with Crippen LogP contribution in [-0.2, 0) is 26.1 Å². The summed E-state index contributed by atoms with van der Waals surface area (Å²) in [5.74, 6) is 2.71. The van der Waals surface area contributed by atoms with Crippen LogP contribution < -0.4 is 9.47 Å². The Kier molecular flexibility index (Phi) is 7.75. The summed E-state index contributed by atoms with van der Waals surface area (Å²) in [5.41, 5.74) is 3.46. The standard InChI is InChI=1S/C28H31N3O2/c1-22(2)31-21-29-30-28(31)15-9-14-25-16-17-26(32-19-23-10-5-3-6-11-23)18-27(25)33-20-24-12-7-4-8-13-24/h3-8,10-13,16-18,21-22H,9,14-15,19-20H2,1-2H3. The van der Waals surface area contributed by atoms with Gasteiger partial charge in [0.15, 0.2) is 0 Å². The van der Waals surface area contributed by atoms with E-state index >= 15 is 0 Å². The van der Waals surface area contributed by atoms with Crippen LogP contribution in [0.4, 0.5) is 0 Å². The van der Waals surface area contributed by atoms with Crippen molar-refractivity contribution in [3.05, 3.63) is 108 Å². The molecule has 1 aromatic heterocycles. The van der Waals surface area contributed by atoms with Gasteiger partial charge in [-0.15, -0.1) is 10.2 Å². The minimum atomic E-state index is 0.362. The average molecular weight is 442 g/mol. The summed E-state index contributed by atoms with van der Waals surface area (Å²) in [6.45, 7) is 5.36. The van der Waals surface area contributed by atoms with Crippen molar-refractivity contribution in [1.82, 2.24) is 14.8 Å². The Morgan fingerprint density at radius 2 is 1.45 bits per heavy atom. The Hall–Kier alpha value is -3.60. The number of rotatable bonds is 11. The second-order valence-corrected chi connectivity index (χ2v) is 8.42. The molecule has 0 spiro atoms. The second-order valence-electron chi connectivity index (χ2n) is 8.42. The highest BCUT2D eigenvalue weighted by Gasteiger charge is 2.11. The van der Waals surface area contributed by atoms with Crippen LogP contribution in [0.3, 0.4) is 0 Å². The summed E-state index contributed by atoms with van der Waals surface area (Å²) in [6.07, 6.45) is 4.56. The van der Waals surface area contributed by atoms with E-state index < -0.39 is 0 Å². The first-order chi connectivity index (χ1) is 16.2. The predicted octanol–water partition coefficient (Wildman–Crippen LogP) is 6.19. The molecule has 0 radical (unpaired) electrons. The van der Waals surface area contributed by atoms with Gasteiger partial charge in [0.25, 0.3) is 0 Å². The fourth-order valence-corrected chi connectivity index (χ4v) is 3.76. The highest BCUT2D eigenvalue weighted by molar-refractivity contribution is 5.41. The average Bonchev–Trinajstić information content (AvgIpc) is 3.32. The summed E-state index contributed by atoms with van der Waals surface area (Å²) in [4.78, 5) is 0. The number of hydrogen-bond donors (Lipinski definition) is 0. The minimum absolute atomic E-state index is 0.362. The Labute approximate surface area is 196 Å². The highest BCUT2D eigenvalue weighted by atomic mass is 16.5. The Balaban J connectivity index is 1.44. The van der Waals surface area contributed by atoms with Crippen LogP contribution in [0.25, 0.3) is 0 Å². The van der Waals surface area contributed by atoms with E-state index in [1.54, 1.807) is 0 Å². The van der Waals surface area contributed by atoms with Crippen molar-refractivity contribution in [3.8, 4) is 11.5 Å². The van der Waals surface area contributed by atoms with E-state index in [4.69, 9.17) is 9.47 Å². The number of hydrogen-bond acceptors (Lipinski definition) is 4. The normalized spacial score (nSPS) is 11.0. The fraction of sp³-hybridized carbons (Fsp3) is 0.286. The number of ether oxygens (including phenoxy) is 2. The zero-order chi connectivity index (χ0) is 22.9.